The van der Waals surface area contributed by atoms with Crippen LogP contribution in [-0.4, -0.2) is 29.9 Å². The predicted octanol–water partition coefficient (Wildman–Crippen LogP) is 2.26. The van der Waals surface area contributed by atoms with Crippen LogP contribution in [-0.2, 0) is 0 Å². The first-order valence-corrected chi connectivity index (χ1v) is 7.06. The molecule has 3 nitrogen and oxygen atoms in total. The molecule has 2 unspecified atom stereocenters. The van der Waals surface area contributed by atoms with Gasteiger partial charge in [0, 0.05) is 12.6 Å². The fraction of sp³-hybridized carbons (Fsp3) is 0.615. The number of amides is 1. The summed E-state index contributed by atoms with van der Waals surface area (Å²) in [6.07, 6.45) is 2.21. The van der Waals surface area contributed by atoms with Crippen LogP contribution in [0.25, 0.3) is 0 Å². The zero-order valence-electron chi connectivity index (χ0n) is 10.5. The highest BCUT2D eigenvalue weighted by molar-refractivity contribution is 7.12. The van der Waals surface area contributed by atoms with Crippen LogP contribution in [0, 0.1) is 12.8 Å². The van der Waals surface area contributed by atoms with Crippen LogP contribution in [0.4, 0.5) is 0 Å². The number of aryl methyl sites for hydroxylation is 1. The highest BCUT2D eigenvalue weighted by Crippen LogP contribution is 2.25. The Kier molecular flexibility index (Phi) is 3.84. The molecule has 0 radical (unpaired) electrons. The molecule has 17 heavy (non-hydrogen) atoms. The second-order valence-electron chi connectivity index (χ2n) is 4.92. The Labute approximate surface area is 107 Å². The van der Waals surface area contributed by atoms with Crippen LogP contribution in [0.15, 0.2) is 11.4 Å². The van der Waals surface area contributed by atoms with Gasteiger partial charge < -0.3 is 10.6 Å². The number of nitrogens with zero attached hydrogens (tertiary/aromatic N) is 1. The SMILES string of the molecule is Cc1ccsc1C(=O)N1CC(CN)CCC1C. The van der Waals surface area contributed by atoms with Crippen molar-refractivity contribution in [3.63, 3.8) is 0 Å². The van der Waals surface area contributed by atoms with Crippen molar-refractivity contribution in [1.82, 2.24) is 4.90 Å². The third-order valence-electron chi connectivity index (χ3n) is 3.63. The van der Waals surface area contributed by atoms with Gasteiger partial charge in [-0.15, -0.1) is 11.3 Å². The smallest absolute Gasteiger partial charge is 0.264 e. The number of piperidine rings is 1. The maximum atomic E-state index is 12.4. The highest BCUT2D eigenvalue weighted by Gasteiger charge is 2.29. The molecule has 1 aromatic rings. The molecule has 1 amide bonds. The summed E-state index contributed by atoms with van der Waals surface area (Å²) in [4.78, 5) is 15.3. The van der Waals surface area contributed by atoms with Gasteiger partial charge in [0.1, 0.15) is 0 Å². The Morgan fingerprint density at radius 3 is 2.94 bits per heavy atom. The van der Waals surface area contributed by atoms with Crippen molar-refractivity contribution in [2.24, 2.45) is 11.7 Å². The molecule has 0 aromatic carbocycles. The zero-order valence-corrected chi connectivity index (χ0v) is 11.3. The lowest BCUT2D eigenvalue weighted by Gasteiger charge is -2.37. The number of rotatable bonds is 2. The normalized spacial score (nSPS) is 25.0. The summed E-state index contributed by atoms with van der Waals surface area (Å²) in [6.45, 7) is 5.63. The van der Waals surface area contributed by atoms with Crippen LogP contribution < -0.4 is 5.73 Å². The minimum Gasteiger partial charge on any atom is -0.335 e. The molecule has 4 heteroatoms. The van der Waals surface area contributed by atoms with Crippen LogP contribution >= 0.6 is 11.3 Å². The summed E-state index contributed by atoms with van der Waals surface area (Å²) in [7, 11) is 0. The maximum absolute atomic E-state index is 12.4. The van der Waals surface area contributed by atoms with Crippen LogP contribution in [0.3, 0.4) is 0 Å². The van der Waals surface area contributed by atoms with Gasteiger partial charge in [0.05, 0.1) is 4.88 Å². The molecule has 2 rings (SSSR count). The molecule has 2 heterocycles. The summed E-state index contributed by atoms with van der Waals surface area (Å²) in [5.41, 5.74) is 6.81. The van der Waals surface area contributed by atoms with Crippen LogP contribution in [0.2, 0.25) is 0 Å². The van der Waals surface area contributed by atoms with E-state index >= 15 is 0 Å². The van der Waals surface area contributed by atoms with Crippen molar-refractivity contribution < 1.29 is 4.79 Å². The predicted molar refractivity (Wildman–Crippen MR) is 71.3 cm³/mol. The Bertz CT molecular complexity index is 402. The van der Waals surface area contributed by atoms with E-state index in [1.165, 1.54) is 11.3 Å². The van der Waals surface area contributed by atoms with Gasteiger partial charge >= 0.3 is 0 Å². The van der Waals surface area contributed by atoms with Crippen molar-refractivity contribution in [3.8, 4) is 0 Å². The van der Waals surface area contributed by atoms with E-state index in [2.05, 4.69) is 6.92 Å². The molecule has 0 bridgehead atoms. The number of likely N-dealkylation sites (tertiary alicyclic amines) is 1. The first-order valence-electron chi connectivity index (χ1n) is 6.18. The largest absolute Gasteiger partial charge is 0.335 e. The third kappa shape index (κ3) is 2.53. The molecule has 0 spiro atoms. The van der Waals surface area contributed by atoms with E-state index < -0.39 is 0 Å². The Balaban J connectivity index is 2.15. The van der Waals surface area contributed by atoms with Crippen molar-refractivity contribution in [2.75, 3.05) is 13.1 Å². The van der Waals surface area contributed by atoms with Crippen LogP contribution in [0.5, 0.6) is 0 Å². The first kappa shape index (κ1) is 12.6. The Morgan fingerprint density at radius 1 is 1.59 bits per heavy atom. The molecule has 94 valence electrons. The molecule has 1 saturated heterocycles. The molecular formula is C13H20N2OS. The third-order valence-corrected chi connectivity index (χ3v) is 4.63. The van der Waals surface area contributed by atoms with E-state index in [1.54, 1.807) is 0 Å². The topological polar surface area (TPSA) is 46.3 Å². The molecule has 1 aliphatic rings. The zero-order chi connectivity index (χ0) is 12.4. The standard InChI is InChI=1S/C13H20N2OS/c1-9-5-6-17-12(9)13(16)15-8-11(7-14)4-3-10(15)2/h5-6,10-11H,3-4,7-8,14H2,1-2H3. The molecule has 0 aliphatic carbocycles. The van der Waals surface area contributed by atoms with Gasteiger partial charge in [-0.1, -0.05) is 0 Å². The van der Waals surface area contributed by atoms with Gasteiger partial charge in [-0.2, -0.15) is 0 Å². The van der Waals surface area contributed by atoms with E-state index in [-0.39, 0.29) is 5.91 Å². The van der Waals surface area contributed by atoms with Gasteiger partial charge in [0.25, 0.3) is 5.91 Å². The van der Waals surface area contributed by atoms with E-state index in [4.69, 9.17) is 5.73 Å². The minimum absolute atomic E-state index is 0.183. The summed E-state index contributed by atoms with van der Waals surface area (Å²) in [6, 6.07) is 2.35. The lowest BCUT2D eigenvalue weighted by Crippen LogP contribution is -2.47. The van der Waals surface area contributed by atoms with Crippen molar-refractivity contribution in [3.05, 3.63) is 21.9 Å². The molecule has 2 N–H and O–H groups in total. The average molecular weight is 252 g/mol. The number of thiophene rings is 1. The summed E-state index contributed by atoms with van der Waals surface area (Å²) in [5.74, 6) is 0.651. The number of carbonyl (C=O) groups is 1. The van der Waals surface area contributed by atoms with Crippen LogP contribution in [0.1, 0.15) is 35.0 Å². The molecule has 1 aromatic heterocycles. The maximum Gasteiger partial charge on any atom is 0.264 e. The number of carbonyl (C=O) groups excluding carboxylic acids is 1. The van der Waals surface area contributed by atoms with E-state index in [9.17, 15) is 4.79 Å². The van der Waals surface area contributed by atoms with Gasteiger partial charge in [-0.3, -0.25) is 4.79 Å². The second-order valence-corrected chi connectivity index (χ2v) is 5.83. The summed E-state index contributed by atoms with van der Waals surface area (Å²) < 4.78 is 0. The first-order chi connectivity index (χ1) is 8.13. The minimum atomic E-state index is 0.183. The Morgan fingerprint density at radius 2 is 2.35 bits per heavy atom. The highest BCUT2D eigenvalue weighted by atomic mass is 32.1. The lowest BCUT2D eigenvalue weighted by atomic mass is 9.93. The number of hydrogen-bond acceptors (Lipinski definition) is 3. The van der Waals surface area contributed by atoms with E-state index in [0.29, 0.717) is 18.5 Å². The monoisotopic (exact) mass is 252 g/mol. The van der Waals surface area contributed by atoms with E-state index in [1.807, 2.05) is 23.3 Å². The van der Waals surface area contributed by atoms with Crippen molar-refractivity contribution >= 4 is 17.2 Å². The second kappa shape index (κ2) is 5.19. The Hall–Kier alpha value is -0.870. The summed E-state index contributed by atoms with van der Waals surface area (Å²) in [5, 5.41) is 1.98. The van der Waals surface area contributed by atoms with Gasteiger partial charge in [-0.05, 0) is 56.2 Å². The van der Waals surface area contributed by atoms with Gasteiger partial charge in [-0.25, -0.2) is 0 Å². The van der Waals surface area contributed by atoms with E-state index in [0.717, 1.165) is 29.8 Å². The van der Waals surface area contributed by atoms with Gasteiger partial charge in [0.15, 0.2) is 0 Å². The number of hydrogen-bond donors (Lipinski definition) is 1. The van der Waals surface area contributed by atoms with Gasteiger partial charge in [0.2, 0.25) is 0 Å². The number of nitrogens with two attached hydrogens (primary N) is 1. The fourth-order valence-electron chi connectivity index (χ4n) is 2.38. The fourth-order valence-corrected chi connectivity index (χ4v) is 3.26. The molecule has 2 atom stereocenters. The molecular weight excluding hydrogens is 232 g/mol. The average Bonchev–Trinajstić information content (AvgIpc) is 2.75. The molecule has 0 saturated carbocycles. The molecule has 1 aliphatic heterocycles. The van der Waals surface area contributed by atoms with Crippen molar-refractivity contribution in [1.29, 1.82) is 0 Å². The quantitative estimate of drug-likeness (QED) is 0.877. The molecule has 1 fully saturated rings. The summed E-state index contributed by atoms with van der Waals surface area (Å²) >= 11 is 1.54. The lowest BCUT2D eigenvalue weighted by molar-refractivity contribution is 0.0571. The van der Waals surface area contributed by atoms with Crippen molar-refractivity contribution in [2.45, 2.75) is 32.7 Å².